The number of rotatable bonds is 7. The predicted molar refractivity (Wildman–Crippen MR) is 90.4 cm³/mol. The Morgan fingerprint density at radius 2 is 1.96 bits per heavy atom. The average Bonchev–Trinajstić information content (AvgIpc) is 2.99. The molecule has 5 nitrogen and oxygen atoms in total. The Labute approximate surface area is 136 Å². The van der Waals surface area contributed by atoms with E-state index >= 15 is 0 Å². The van der Waals surface area contributed by atoms with Gasteiger partial charge in [-0.3, -0.25) is 4.79 Å². The van der Waals surface area contributed by atoms with Crippen molar-refractivity contribution < 1.29 is 14.3 Å². The van der Waals surface area contributed by atoms with Crippen LogP contribution >= 0.6 is 0 Å². The van der Waals surface area contributed by atoms with Crippen molar-refractivity contribution in [1.29, 1.82) is 0 Å². The summed E-state index contributed by atoms with van der Waals surface area (Å²) < 4.78 is 5.44. The van der Waals surface area contributed by atoms with E-state index in [2.05, 4.69) is 5.32 Å². The Hall–Kier alpha value is -2.27. The lowest BCUT2D eigenvalue weighted by Crippen LogP contribution is -2.43. The second kappa shape index (κ2) is 7.33. The van der Waals surface area contributed by atoms with Crippen LogP contribution < -0.4 is 10.2 Å². The first-order valence-electron chi connectivity index (χ1n) is 7.78. The quantitative estimate of drug-likeness (QED) is 0.823. The molecule has 0 aliphatic carbocycles. The van der Waals surface area contributed by atoms with Gasteiger partial charge < -0.3 is 19.7 Å². The van der Waals surface area contributed by atoms with E-state index < -0.39 is 5.60 Å². The first kappa shape index (κ1) is 17.1. The number of amides is 1. The zero-order chi connectivity index (χ0) is 16.9. The van der Waals surface area contributed by atoms with E-state index in [0.29, 0.717) is 5.76 Å². The molecule has 0 fully saturated rings. The van der Waals surface area contributed by atoms with E-state index in [1.165, 1.54) is 0 Å². The number of hydrogen-bond acceptors (Lipinski definition) is 4. The summed E-state index contributed by atoms with van der Waals surface area (Å²) >= 11 is 0. The van der Waals surface area contributed by atoms with Crippen LogP contribution in [0.3, 0.4) is 0 Å². The number of nitrogens with zero attached hydrogens (tertiary/aromatic N) is 1. The van der Waals surface area contributed by atoms with Crippen molar-refractivity contribution in [2.45, 2.75) is 26.4 Å². The number of furan rings is 1. The molecule has 1 atom stereocenters. The average molecular weight is 316 g/mol. The van der Waals surface area contributed by atoms with Gasteiger partial charge in [0.2, 0.25) is 5.91 Å². The molecule has 0 saturated carbocycles. The highest BCUT2D eigenvalue weighted by atomic mass is 16.4. The fraction of sp³-hybridized carbons (Fsp3) is 0.389. The lowest BCUT2D eigenvalue weighted by molar-refractivity contribution is -0.121. The largest absolute Gasteiger partial charge is 0.463 e. The number of hydrogen-bond donors (Lipinski definition) is 2. The van der Waals surface area contributed by atoms with Crippen LogP contribution in [0.4, 0.5) is 5.69 Å². The Morgan fingerprint density at radius 1 is 1.26 bits per heavy atom. The summed E-state index contributed by atoms with van der Waals surface area (Å²) in [5.74, 6) is 1.04. The highest BCUT2D eigenvalue weighted by Gasteiger charge is 2.27. The molecule has 2 N–H and O–H groups in total. The number of para-hydroxylation sites is 1. The Morgan fingerprint density at radius 3 is 2.52 bits per heavy atom. The molecule has 124 valence electrons. The topological polar surface area (TPSA) is 65.7 Å². The maximum Gasteiger partial charge on any atom is 0.239 e. The maximum atomic E-state index is 12.2. The first-order chi connectivity index (χ1) is 10.9. The standard InChI is InChI=1S/C18H24N2O3/c1-4-20(15-8-6-5-7-9-15)12-17(21)19-13-18(3,22)16-11-10-14(2)23-16/h5-11,22H,4,12-13H2,1-3H3,(H,19,21). The summed E-state index contributed by atoms with van der Waals surface area (Å²) in [4.78, 5) is 14.1. The molecule has 0 aliphatic heterocycles. The van der Waals surface area contributed by atoms with Crippen LogP contribution in [0.1, 0.15) is 25.4 Å². The molecule has 0 bridgehead atoms. The summed E-state index contributed by atoms with van der Waals surface area (Å²) in [5.41, 5.74) is -0.230. The number of benzene rings is 1. The van der Waals surface area contributed by atoms with Gasteiger partial charge >= 0.3 is 0 Å². The lowest BCUT2D eigenvalue weighted by Gasteiger charge is -2.25. The molecule has 0 radical (unpaired) electrons. The first-order valence-corrected chi connectivity index (χ1v) is 7.78. The molecule has 2 aromatic rings. The minimum absolute atomic E-state index is 0.102. The Bertz CT molecular complexity index is 635. The second-order valence-corrected chi connectivity index (χ2v) is 5.81. The smallest absolute Gasteiger partial charge is 0.239 e. The van der Waals surface area contributed by atoms with Crippen LogP contribution in [0, 0.1) is 6.92 Å². The van der Waals surface area contributed by atoms with Gasteiger partial charge in [0, 0.05) is 12.2 Å². The van der Waals surface area contributed by atoms with Gasteiger partial charge in [0.15, 0.2) is 0 Å². The molecule has 0 saturated heterocycles. The van der Waals surface area contributed by atoms with Crippen LogP contribution in [-0.2, 0) is 10.4 Å². The maximum absolute atomic E-state index is 12.2. The van der Waals surface area contributed by atoms with Crippen LogP contribution in [0.15, 0.2) is 46.9 Å². The molecule has 0 spiro atoms. The number of carbonyl (C=O) groups excluding carboxylic acids is 1. The second-order valence-electron chi connectivity index (χ2n) is 5.81. The van der Waals surface area contributed by atoms with Gasteiger partial charge in [-0.05, 0) is 45.0 Å². The van der Waals surface area contributed by atoms with E-state index in [9.17, 15) is 9.90 Å². The van der Waals surface area contributed by atoms with Crippen molar-refractivity contribution >= 4 is 11.6 Å². The van der Waals surface area contributed by atoms with Gasteiger partial charge in [0.1, 0.15) is 17.1 Å². The van der Waals surface area contributed by atoms with Crippen LogP contribution in [0.5, 0.6) is 0 Å². The number of aliphatic hydroxyl groups is 1. The summed E-state index contributed by atoms with van der Waals surface area (Å²) in [6.07, 6.45) is 0. The number of aryl methyl sites for hydroxylation is 1. The zero-order valence-corrected chi connectivity index (χ0v) is 13.9. The SMILES string of the molecule is CCN(CC(=O)NCC(C)(O)c1ccc(C)o1)c1ccccc1. The Balaban J connectivity index is 1.91. The summed E-state index contributed by atoms with van der Waals surface area (Å²) in [5, 5.41) is 13.2. The minimum Gasteiger partial charge on any atom is -0.463 e. The van der Waals surface area contributed by atoms with E-state index in [1.807, 2.05) is 49.1 Å². The number of nitrogens with one attached hydrogen (secondary N) is 1. The molecule has 0 aliphatic rings. The third kappa shape index (κ3) is 4.60. The van der Waals surface area contributed by atoms with E-state index in [-0.39, 0.29) is 19.0 Å². The molecule has 1 aromatic carbocycles. The van der Waals surface area contributed by atoms with Crippen LogP contribution in [0.25, 0.3) is 0 Å². The van der Waals surface area contributed by atoms with Crippen molar-refractivity contribution in [2.24, 2.45) is 0 Å². The monoisotopic (exact) mass is 316 g/mol. The summed E-state index contributed by atoms with van der Waals surface area (Å²) in [6.45, 7) is 6.52. The Kier molecular flexibility index (Phi) is 5.45. The lowest BCUT2D eigenvalue weighted by atomic mass is 10.0. The van der Waals surface area contributed by atoms with E-state index in [4.69, 9.17) is 4.42 Å². The molecular formula is C18H24N2O3. The number of carbonyl (C=O) groups is 1. The molecule has 2 rings (SSSR count). The van der Waals surface area contributed by atoms with Gasteiger partial charge in [0.25, 0.3) is 0 Å². The highest BCUT2D eigenvalue weighted by molar-refractivity contribution is 5.81. The molecule has 1 amide bonds. The predicted octanol–water partition coefficient (Wildman–Crippen LogP) is 2.44. The van der Waals surface area contributed by atoms with E-state index in [0.717, 1.165) is 18.0 Å². The molecule has 23 heavy (non-hydrogen) atoms. The van der Waals surface area contributed by atoms with Crippen molar-refractivity contribution in [3.63, 3.8) is 0 Å². The molecular weight excluding hydrogens is 292 g/mol. The third-order valence-electron chi connectivity index (χ3n) is 3.74. The van der Waals surface area contributed by atoms with Crippen molar-refractivity contribution in [2.75, 3.05) is 24.5 Å². The summed E-state index contributed by atoms with van der Waals surface area (Å²) in [6, 6.07) is 13.3. The van der Waals surface area contributed by atoms with Gasteiger partial charge in [0.05, 0.1) is 13.1 Å². The van der Waals surface area contributed by atoms with Gasteiger partial charge in [-0.2, -0.15) is 0 Å². The van der Waals surface area contributed by atoms with Gasteiger partial charge in [-0.15, -0.1) is 0 Å². The van der Waals surface area contributed by atoms with E-state index in [1.54, 1.807) is 19.1 Å². The zero-order valence-electron chi connectivity index (χ0n) is 13.9. The number of anilines is 1. The van der Waals surface area contributed by atoms with Crippen molar-refractivity contribution in [3.05, 3.63) is 54.0 Å². The fourth-order valence-corrected chi connectivity index (χ4v) is 2.34. The van der Waals surface area contributed by atoms with Gasteiger partial charge in [-0.25, -0.2) is 0 Å². The van der Waals surface area contributed by atoms with Crippen molar-refractivity contribution in [3.8, 4) is 0 Å². The van der Waals surface area contributed by atoms with Gasteiger partial charge in [-0.1, -0.05) is 18.2 Å². The highest BCUT2D eigenvalue weighted by Crippen LogP contribution is 2.22. The molecule has 1 unspecified atom stereocenters. The minimum atomic E-state index is -1.23. The fourth-order valence-electron chi connectivity index (χ4n) is 2.34. The molecule has 1 heterocycles. The van der Waals surface area contributed by atoms with Crippen LogP contribution in [-0.4, -0.2) is 30.6 Å². The third-order valence-corrected chi connectivity index (χ3v) is 3.74. The van der Waals surface area contributed by atoms with Crippen LogP contribution in [0.2, 0.25) is 0 Å². The number of likely N-dealkylation sites (N-methyl/N-ethyl adjacent to an activating group) is 1. The normalized spacial score (nSPS) is 13.4. The molecule has 1 aromatic heterocycles. The van der Waals surface area contributed by atoms with Crippen molar-refractivity contribution in [1.82, 2.24) is 5.32 Å². The molecule has 5 heteroatoms. The summed E-state index contributed by atoms with van der Waals surface area (Å²) in [7, 11) is 0.